The van der Waals surface area contributed by atoms with E-state index >= 15 is 0 Å². The van der Waals surface area contributed by atoms with Crippen molar-refractivity contribution >= 4 is 20.2 Å². The molecule has 2 aliphatic rings. The van der Waals surface area contributed by atoms with Gasteiger partial charge >= 0.3 is 14.3 Å². The average molecular weight is 419 g/mol. The number of aromatic amines is 1. The number of H-pyrrole nitrogens is 1. The summed E-state index contributed by atoms with van der Waals surface area (Å²) in [6.45, 7) is 2.66. The third-order valence-corrected chi connectivity index (χ3v) is 5.45. The van der Waals surface area contributed by atoms with Gasteiger partial charge in [0, 0.05) is 6.20 Å². The Hall–Kier alpha value is -0.970. The molecule has 5 atom stereocenters. The third kappa shape index (κ3) is 3.32. The largest absolute Gasteiger partial charge is 0.337 e. The van der Waals surface area contributed by atoms with Gasteiger partial charge in [-0.2, -0.15) is 0 Å². The molecule has 1 unspecified atom stereocenters. The summed E-state index contributed by atoms with van der Waals surface area (Å²) in [5.74, 6) is 0. The minimum atomic E-state index is -3.17. The first-order valence-electron chi connectivity index (χ1n) is 7.53. The number of hydrogen-bond donors (Lipinski definition) is 1. The van der Waals surface area contributed by atoms with Crippen molar-refractivity contribution in [3.63, 3.8) is 0 Å². The van der Waals surface area contributed by atoms with Crippen molar-refractivity contribution in [3.05, 3.63) is 32.1 Å². The molecular weight excluding hydrogens is 404 g/mol. The highest BCUT2D eigenvalue weighted by Gasteiger charge is 2.66. The topological polar surface area (TPSA) is 91.8 Å². The highest BCUT2D eigenvalue weighted by molar-refractivity contribution is 7.41. The van der Waals surface area contributed by atoms with Crippen molar-refractivity contribution < 1.29 is 31.5 Å². The summed E-state index contributed by atoms with van der Waals surface area (Å²) in [7, 11) is -2.06. The third-order valence-electron chi connectivity index (χ3n) is 3.84. The quantitative estimate of drug-likeness (QED) is 0.753. The lowest BCUT2D eigenvalue weighted by Gasteiger charge is -2.39. The van der Waals surface area contributed by atoms with Gasteiger partial charge < -0.3 is 18.3 Å². The number of hydrogen-bond acceptors (Lipinski definition) is 6. The number of nitrogens with zero attached hydrogens (tertiary/aromatic N) is 1. The lowest BCUT2D eigenvalue weighted by Crippen LogP contribution is -2.55. The van der Waals surface area contributed by atoms with Gasteiger partial charge in [0.05, 0.1) is 12.7 Å². The molecule has 26 heavy (non-hydrogen) atoms. The van der Waals surface area contributed by atoms with E-state index in [1.165, 1.54) is 0 Å². The van der Waals surface area contributed by atoms with Crippen molar-refractivity contribution in [2.45, 2.75) is 50.5 Å². The van der Waals surface area contributed by atoms with Gasteiger partial charge in [-0.1, -0.05) is 11.6 Å². The molecule has 2 fully saturated rings. The van der Waals surface area contributed by atoms with Crippen LogP contribution in [0.3, 0.4) is 0 Å². The number of fused-ring (bicyclic) bond motifs is 1. The Bertz CT molecular complexity index is 792. The minimum Gasteiger partial charge on any atom is -0.337 e. The molecule has 0 aromatic carbocycles. The second kappa shape index (κ2) is 7.21. The van der Waals surface area contributed by atoms with E-state index in [0.29, 0.717) is 4.57 Å². The van der Waals surface area contributed by atoms with E-state index in [1.807, 2.05) is 4.98 Å². The standard InChI is InChI=1S/C13H15ClF3N2O6P/c1-5(2)24-26-22-4-13(11(16)17)8(25-26)7(15)10(23-13)19-3-6(14)9(20)18-12(19)21/h3,5,7-8,10-11H,4H2,1-2H3,(H,18,20,21)/t7-,8-,10+,13+,26?/m0/s1. The summed E-state index contributed by atoms with van der Waals surface area (Å²) >= 11 is 5.64. The van der Waals surface area contributed by atoms with E-state index in [9.17, 15) is 22.8 Å². The van der Waals surface area contributed by atoms with Gasteiger partial charge in [0.1, 0.15) is 11.1 Å². The molecule has 1 aromatic heterocycles. The van der Waals surface area contributed by atoms with Crippen LogP contribution in [0.4, 0.5) is 13.2 Å². The van der Waals surface area contributed by atoms with Crippen molar-refractivity contribution in [1.29, 1.82) is 0 Å². The van der Waals surface area contributed by atoms with Crippen LogP contribution in [0.15, 0.2) is 15.8 Å². The SMILES string of the molecule is CC(C)OP1OC[C@@]2(C(F)F)O[C@@H](n3cc(Cl)c(=O)[nH]c3=O)[C@@H](F)[C@@H]2O1. The number of nitrogens with one attached hydrogen (secondary N) is 1. The number of halogens is 4. The normalized spacial score (nSPS) is 34.5. The van der Waals surface area contributed by atoms with Gasteiger partial charge in [-0.15, -0.1) is 0 Å². The van der Waals surface area contributed by atoms with Gasteiger partial charge in [0.15, 0.2) is 18.0 Å². The van der Waals surface area contributed by atoms with E-state index in [0.717, 1.165) is 6.20 Å². The van der Waals surface area contributed by atoms with Crippen LogP contribution in [0.2, 0.25) is 5.02 Å². The summed E-state index contributed by atoms with van der Waals surface area (Å²) in [4.78, 5) is 25.1. The first-order chi connectivity index (χ1) is 12.2. The minimum absolute atomic E-state index is 0.336. The van der Waals surface area contributed by atoms with Gasteiger partial charge in [0.25, 0.3) is 12.0 Å². The first-order valence-corrected chi connectivity index (χ1v) is 9.00. The fourth-order valence-corrected chi connectivity index (χ4v) is 4.10. The predicted molar refractivity (Wildman–Crippen MR) is 84.1 cm³/mol. The molecule has 146 valence electrons. The lowest BCUT2D eigenvalue weighted by molar-refractivity contribution is -0.204. The Kier molecular flexibility index (Phi) is 5.49. The predicted octanol–water partition coefficient (Wildman–Crippen LogP) is 2.13. The Morgan fingerprint density at radius 1 is 1.46 bits per heavy atom. The van der Waals surface area contributed by atoms with Gasteiger partial charge in [0.2, 0.25) is 0 Å². The molecule has 1 N–H and O–H groups in total. The Balaban J connectivity index is 1.96. The molecule has 0 bridgehead atoms. The number of rotatable bonds is 4. The second-order valence-electron chi connectivity index (χ2n) is 6.03. The van der Waals surface area contributed by atoms with E-state index < -0.39 is 62.0 Å². The highest BCUT2D eigenvalue weighted by atomic mass is 35.5. The molecule has 0 spiro atoms. The molecule has 0 aliphatic carbocycles. The Labute approximate surface area is 151 Å². The molecule has 0 radical (unpaired) electrons. The van der Waals surface area contributed by atoms with Crippen LogP contribution in [0.1, 0.15) is 20.1 Å². The maximum atomic E-state index is 15.0. The fourth-order valence-electron chi connectivity index (χ4n) is 2.64. The zero-order chi connectivity index (χ0) is 19.2. The van der Waals surface area contributed by atoms with Crippen LogP contribution in [0.5, 0.6) is 0 Å². The molecular formula is C13H15ClF3N2O6P. The van der Waals surface area contributed by atoms with Crippen LogP contribution >= 0.6 is 20.2 Å². The number of aromatic nitrogens is 2. The van der Waals surface area contributed by atoms with E-state index in [2.05, 4.69) is 0 Å². The van der Waals surface area contributed by atoms with E-state index in [1.54, 1.807) is 13.8 Å². The molecule has 8 nitrogen and oxygen atoms in total. The molecule has 3 rings (SSSR count). The zero-order valence-corrected chi connectivity index (χ0v) is 15.2. The summed E-state index contributed by atoms with van der Waals surface area (Å²) in [5.41, 5.74) is -4.38. The van der Waals surface area contributed by atoms with Crippen LogP contribution in [-0.2, 0) is 18.3 Å². The first kappa shape index (κ1) is 19.8. The van der Waals surface area contributed by atoms with E-state index in [-0.39, 0.29) is 6.10 Å². The summed E-state index contributed by atoms with van der Waals surface area (Å²) in [6, 6.07) is 0. The Morgan fingerprint density at radius 2 is 2.15 bits per heavy atom. The summed E-state index contributed by atoms with van der Waals surface area (Å²) in [5, 5.41) is -0.427. The zero-order valence-electron chi connectivity index (χ0n) is 13.5. The highest BCUT2D eigenvalue weighted by Crippen LogP contribution is 2.56. The summed E-state index contributed by atoms with van der Waals surface area (Å²) < 4.78 is 63.9. The van der Waals surface area contributed by atoms with Gasteiger partial charge in [-0.05, 0) is 13.8 Å². The molecule has 2 aliphatic heterocycles. The number of ether oxygens (including phenoxy) is 1. The van der Waals surface area contributed by atoms with Crippen LogP contribution < -0.4 is 11.2 Å². The maximum Gasteiger partial charge on any atom is 0.333 e. The molecule has 13 heteroatoms. The van der Waals surface area contributed by atoms with Crippen molar-refractivity contribution in [2.24, 2.45) is 0 Å². The van der Waals surface area contributed by atoms with Crippen molar-refractivity contribution in [3.8, 4) is 0 Å². The molecule has 1 aromatic rings. The van der Waals surface area contributed by atoms with Gasteiger partial charge in [-0.3, -0.25) is 14.3 Å². The van der Waals surface area contributed by atoms with Crippen LogP contribution in [-0.4, -0.2) is 46.6 Å². The second-order valence-corrected chi connectivity index (χ2v) is 7.56. The number of alkyl halides is 3. The average Bonchev–Trinajstić information content (AvgIpc) is 2.85. The van der Waals surface area contributed by atoms with Crippen LogP contribution in [0.25, 0.3) is 0 Å². The lowest BCUT2D eigenvalue weighted by atomic mass is 9.97. The molecule has 3 heterocycles. The fraction of sp³-hybridized carbons (Fsp3) is 0.692. The monoisotopic (exact) mass is 418 g/mol. The molecule has 0 amide bonds. The van der Waals surface area contributed by atoms with Crippen LogP contribution in [0, 0.1) is 0 Å². The van der Waals surface area contributed by atoms with Gasteiger partial charge in [-0.25, -0.2) is 18.0 Å². The summed E-state index contributed by atoms with van der Waals surface area (Å²) in [6.07, 6.45) is -8.35. The smallest absolute Gasteiger partial charge is 0.333 e. The molecule has 0 saturated carbocycles. The van der Waals surface area contributed by atoms with Crippen molar-refractivity contribution in [2.75, 3.05) is 6.61 Å². The Morgan fingerprint density at radius 3 is 2.77 bits per heavy atom. The van der Waals surface area contributed by atoms with E-state index in [4.69, 9.17) is 29.9 Å². The molecule has 2 saturated heterocycles. The van der Waals surface area contributed by atoms with Crippen molar-refractivity contribution in [1.82, 2.24) is 9.55 Å². The maximum absolute atomic E-state index is 15.0.